The molecule has 0 aliphatic heterocycles. The van der Waals surface area contributed by atoms with Crippen LogP contribution >= 0.6 is 11.3 Å². The highest BCUT2D eigenvalue weighted by atomic mass is 32.1. The molecule has 1 heterocycles. The zero-order chi connectivity index (χ0) is 44.4. The van der Waals surface area contributed by atoms with Crippen molar-refractivity contribution in [1.29, 1.82) is 0 Å². The van der Waals surface area contributed by atoms with E-state index in [2.05, 4.69) is 115 Å². The Morgan fingerprint density at radius 2 is 1.56 bits per heavy atom. The molecule has 0 saturated carbocycles. The molecule has 0 bridgehead atoms. The number of aldehydes is 1. The summed E-state index contributed by atoms with van der Waals surface area (Å²) in [7, 11) is 1.98. The number of carbonyl (C=O) groups excluding carboxylic acids is 3. The molecule has 1 aromatic rings. The quantitative estimate of drug-likeness (QED) is 0.0773. The summed E-state index contributed by atoms with van der Waals surface area (Å²) < 4.78 is 1.15. The molecule has 1 aliphatic rings. The van der Waals surface area contributed by atoms with Gasteiger partial charge in [0.2, 0.25) is 11.8 Å². The zero-order valence-electron chi connectivity index (χ0n) is 39.7. The van der Waals surface area contributed by atoms with Crippen LogP contribution in [0.1, 0.15) is 209 Å². The highest BCUT2D eigenvalue weighted by Crippen LogP contribution is 2.24. The van der Waals surface area contributed by atoms with E-state index in [9.17, 15) is 19.5 Å². The summed E-state index contributed by atoms with van der Waals surface area (Å²) in [5.74, 6) is 0.993. The molecule has 0 spiro atoms. The molecule has 0 radical (unpaired) electrons. The van der Waals surface area contributed by atoms with Gasteiger partial charge in [-0.1, -0.05) is 137 Å². The van der Waals surface area contributed by atoms with Crippen LogP contribution in [-0.2, 0) is 9.59 Å². The van der Waals surface area contributed by atoms with Crippen molar-refractivity contribution < 1.29 is 19.5 Å². The van der Waals surface area contributed by atoms with Gasteiger partial charge < -0.3 is 10.4 Å². The van der Waals surface area contributed by atoms with Crippen LogP contribution in [0.2, 0.25) is 0 Å². The molecule has 57 heavy (non-hydrogen) atoms. The van der Waals surface area contributed by atoms with Crippen LogP contribution in [0.15, 0.2) is 34.9 Å². The van der Waals surface area contributed by atoms with E-state index in [1.54, 1.807) is 6.92 Å². The summed E-state index contributed by atoms with van der Waals surface area (Å²) in [5.41, 5.74) is 4.38. The van der Waals surface area contributed by atoms with Crippen molar-refractivity contribution in [2.24, 2.45) is 11.8 Å². The molecular weight excluding hydrogens is 727 g/mol. The SMILES string of the molecule is CC.CC/C=C\C=C(/C)C(C)CC.CCC(=O)NC(C)=O.CCC/C=c1\sc(C=O)n\c1=C\C1=C(C)CCCC1.CCCC(O)CCC(C)CC.CCCCNC. The Balaban J connectivity index is -0.000000323. The maximum Gasteiger partial charge on any atom is 0.226 e. The number of allylic oxidation sites excluding steroid dienone is 6. The second-order valence-corrected chi connectivity index (χ2v) is 15.6. The number of hydrogen-bond donors (Lipinski definition) is 3. The molecule has 0 fully saturated rings. The first-order chi connectivity index (χ1) is 27.2. The molecule has 7 nitrogen and oxygen atoms in total. The zero-order valence-corrected chi connectivity index (χ0v) is 40.6. The van der Waals surface area contributed by atoms with Gasteiger partial charge in [-0.3, -0.25) is 19.7 Å². The minimum Gasteiger partial charge on any atom is -0.393 e. The highest BCUT2D eigenvalue weighted by Gasteiger charge is 2.08. The Labute approximate surface area is 356 Å². The van der Waals surface area contributed by atoms with Crippen molar-refractivity contribution in [2.45, 2.75) is 206 Å². The number of carbonyl (C=O) groups is 3. The summed E-state index contributed by atoms with van der Waals surface area (Å²) in [6.07, 6.45) is 29.6. The molecule has 1 aliphatic carbocycles. The Kier molecular flexibility index (Phi) is 47.5. The van der Waals surface area contributed by atoms with Gasteiger partial charge in [-0.15, -0.1) is 11.3 Å². The van der Waals surface area contributed by atoms with E-state index in [1.165, 1.54) is 86.3 Å². The fraction of sp³-hybridized carbons (Fsp3) is 0.714. The highest BCUT2D eigenvalue weighted by molar-refractivity contribution is 7.11. The van der Waals surface area contributed by atoms with Crippen LogP contribution in [0.5, 0.6) is 0 Å². The van der Waals surface area contributed by atoms with Crippen LogP contribution in [0, 0.1) is 11.8 Å². The Morgan fingerprint density at radius 1 is 0.912 bits per heavy atom. The van der Waals surface area contributed by atoms with Gasteiger partial charge in [0.25, 0.3) is 0 Å². The van der Waals surface area contributed by atoms with E-state index in [-0.39, 0.29) is 17.9 Å². The van der Waals surface area contributed by atoms with Crippen LogP contribution in [-0.4, -0.2) is 47.9 Å². The minimum absolute atomic E-state index is 0.0472. The Bertz CT molecular complexity index is 1320. The average molecular weight is 818 g/mol. The molecule has 2 amide bonds. The molecule has 1 aromatic heterocycles. The molecule has 332 valence electrons. The van der Waals surface area contributed by atoms with Gasteiger partial charge in [0.15, 0.2) is 11.3 Å². The summed E-state index contributed by atoms with van der Waals surface area (Å²) >= 11 is 1.50. The standard InChI is InChI=1S/C16H21NOS.C11H20.C10H22O.C5H9NO2.C5H13N.C2H6/c1-3-4-9-15-14(17-16(11-18)19-15)10-13-8-6-5-7-12(13)2;1-5-7-8-9-11(4)10(3)6-2;1-4-6-10(11)8-7-9(3)5-2;1-3-5(8)6-4(2)7;1-3-4-5-6-2;1-2/h9-11H,3-8H2,1-2H3;7-10H,5-6H2,1-4H3;9-11H,4-8H2,1-3H3;3H2,1-2H3,(H,6,7,8);6H,3-5H2,1-2H3;1-2H3/b14-10+,15-9-;8-7-,11-9+;;;;. The number of nitrogens with one attached hydrogen (secondary N) is 2. The van der Waals surface area contributed by atoms with Gasteiger partial charge in [-0.25, -0.2) is 4.98 Å². The molecule has 3 atom stereocenters. The number of aromatic nitrogens is 1. The minimum atomic E-state index is -0.295. The third kappa shape index (κ3) is 38.6. The summed E-state index contributed by atoms with van der Waals surface area (Å²) in [4.78, 5) is 35.7. The molecule has 0 saturated heterocycles. The Morgan fingerprint density at radius 3 is 2.00 bits per heavy atom. The molecule has 8 heteroatoms. The number of hydrogen-bond acceptors (Lipinski definition) is 7. The predicted octanol–water partition coefficient (Wildman–Crippen LogP) is 12.2. The van der Waals surface area contributed by atoms with Crippen LogP contribution in [0.3, 0.4) is 0 Å². The number of aliphatic hydroxyl groups excluding tert-OH is 1. The van der Waals surface area contributed by atoms with Gasteiger partial charge in [0.1, 0.15) is 0 Å². The van der Waals surface area contributed by atoms with Gasteiger partial charge in [0.05, 0.1) is 16.0 Å². The van der Waals surface area contributed by atoms with Crippen molar-refractivity contribution >= 4 is 41.6 Å². The summed E-state index contributed by atoms with van der Waals surface area (Å²) in [6.45, 7) is 30.2. The normalized spacial score (nSPS) is 14.5. The number of rotatable bonds is 18. The van der Waals surface area contributed by atoms with E-state index in [0.29, 0.717) is 11.4 Å². The maximum atomic E-state index is 10.9. The average Bonchev–Trinajstić information content (AvgIpc) is 3.61. The van der Waals surface area contributed by atoms with E-state index in [0.717, 1.165) is 79.5 Å². The topological polar surface area (TPSA) is 108 Å². The number of unbranched alkanes of at least 4 members (excludes halogenated alkanes) is 2. The van der Waals surface area contributed by atoms with Gasteiger partial charge in [0, 0.05) is 13.3 Å². The smallest absolute Gasteiger partial charge is 0.226 e. The maximum absolute atomic E-state index is 10.9. The number of imide groups is 1. The van der Waals surface area contributed by atoms with Crippen molar-refractivity contribution in [3.63, 3.8) is 0 Å². The summed E-state index contributed by atoms with van der Waals surface area (Å²) in [6, 6.07) is 0. The van der Waals surface area contributed by atoms with Crippen LogP contribution in [0.4, 0.5) is 0 Å². The van der Waals surface area contributed by atoms with Crippen molar-refractivity contribution in [2.75, 3.05) is 13.6 Å². The largest absolute Gasteiger partial charge is 0.393 e. The third-order valence-corrected chi connectivity index (χ3v) is 10.4. The lowest BCUT2D eigenvalue weighted by molar-refractivity contribution is -0.129. The van der Waals surface area contributed by atoms with Gasteiger partial charge in [-0.2, -0.15) is 0 Å². The number of aliphatic hydroxyl groups is 1. The third-order valence-electron chi connectivity index (χ3n) is 9.37. The van der Waals surface area contributed by atoms with Gasteiger partial charge >= 0.3 is 0 Å². The molecule has 2 rings (SSSR count). The van der Waals surface area contributed by atoms with Crippen LogP contribution < -0.4 is 20.5 Å². The first-order valence-electron chi connectivity index (χ1n) is 22.5. The van der Waals surface area contributed by atoms with E-state index >= 15 is 0 Å². The van der Waals surface area contributed by atoms with E-state index < -0.39 is 0 Å². The van der Waals surface area contributed by atoms with E-state index in [4.69, 9.17) is 0 Å². The van der Waals surface area contributed by atoms with E-state index in [1.807, 2.05) is 20.9 Å². The first-order valence-corrected chi connectivity index (χ1v) is 23.3. The molecule has 3 unspecified atom stereocenters. The van der Waals surface area contributed by atoms with Crippen molar-refractivity contribution in [3.8, 4) is 0 Å². The molecular formula is C49H91N3O4S. The van der Waals surface area contributed by atoms with Gasteiger partial charge in [-0.05, 0) is 122 Å². The lowest BCUT2D eigenvalue weighted by Crippen LogP contribution is -2.26. The Hall–Kier alpha value is -2.68. The lowest BCUT2D eigenvalue weighted by Gasteiger charge is -2.13. The lowest BCUT2D eigenvalue weighted by atomic mass is 9.92. The fourth-order valence-corrected chi connectivity index (χ4v) is 5.84. The molecule has 0 aromatic carbocycles. The second kappa shape index (κ2) is 44.4. The van der Waals surface area contributed by atoms with Crippen molar-refractivity contribution in [1.82, 2.24) is 15.6 Å². The first kappa shape index (κ1) is 61.0. The number of nitrogens with zero attached hydrogens (tertiary/aromatic N) is 1. The predicted molar refractivity (Wildman–Crippen MR) is 253 cm³/mol. The number of amides is 2. The monoisotopic (exact) mass is 818 g/mol. The fourth-order valence-electron chi connectivity index (χ4n) is 5.02. The van der Waals surface area contributed by atoms with Crippen molar-refractivity contribution in [3.05, 3.63) is 49.8 Å². The molecule has 3 N–H and O–H groups in total. The second-order valence-electron chi connectivity index (χ2n) is 14.6. The summed E-state index contributed by atoms with van der Waals surface area (Å²) in [5, 5.41) is 16.1. The number of thiazole rings is 1. The van der Waals surface area contributed by atoms with Crippen LogP contribution in [0.25, 0.3) is 12.2 Å².